The number of nitrogens with zero attached hydrogens (tertiary/aromatic N) is 3. The third-order valence-corrected chi connectivity index (χ3v) is 7.30. The molecule has 0 radical (unpaired) electrons. The van der Waals surface area contributed by atoms with Crippen molar-refractivity contribution in [3.8, 4) is 0 Å². The summed E-state index contributed by atoms with van der Waals surface area (Å²) in [5, 5.41) is 0. The predicted octanol–water partition coefficient (Wildman–Crippen LogP) is 5.03. The SMILES string of the molecule is CCN(C)C(=O)CN1CCN(c2ccccc2C2CCC(C(C)(C)C)CC2)CC1.Cl. The zero-order valence-electron chi connectivity index (χ0n) is 19.7. The van der Waals surface area contributed by atoms with Crippen molar-refractivity contribution in [3.63, 3.8) is 0 Å². The van der Waals surface area contributed by atoms with Gasteiger partial charge < -0.3 is 9.80 Å². The molecule has 0 N–H and O–H groups in total. The average molecular weight is 436 g/mol. The van der Waals surface area contributed by atoms with E-state index in [4.69, 9.17) is 0 Å². The van der Waals surface area contributed by atoms with Crippen LogP contribution in [0.15, 0.2) is 24.3 Å². The number of halogens is 1. The zero-order chi connectivity index (χ0) is 21.0. The van der Waals surface area contributed by atoms with Gasteiger partial charge in [-0.25, -0.2) is 0 Å². The first kappa shape index (κ1) is 25.0. The van der Waals surface area contributed by atoms with Crippen LogP contribution in [0, 0.1) is 11.3 Å². The average Bonchev–Trinajstić information content (AvgIpc) is 2.73. The number of carbonyl (C=O) groups is 1. The fourth-order valence-corrected chi connectivity index (χ4v) is 5.03. The van der Waals surface area contributed by atoms with Crippen LogP contribution in [0.4, 0.5) is 5.69 Å². The van der Waals surface area contributed by atoms with Crippen LogP contribution in [0.5, 0.6) is 0 Å². The summed E-state index contributed by atoms with van der Waals surface area (Å²) in [5.41, 5.74) is 3.42. The maximum absolute atomic E-state index is 12.2. The Kier molecular flexibility index (Phi) is 9.05. The van der Waals surface area contributed by atoms with Crippen molar-refractivity contribution < 1.29 is 4.79 Å². The summed E-state index contributed by atoms with van der Waals surface area (Å²) in [7, 11) is 1.89. The number of piperazine rings is 1. The highest BCUT2D eigenvalue weighted by atomic mass is 35.5. The molecule has 0 unspecified atom stereocenters. The van der Waals surface area contributed by atoms with Crippen molar-refractivity contribution in [2.24, 2.45) is 11.3 Å². The minimum atomic E-state index is 0. The molecule has 30 heavy (non-hydrogen) atoms. The highest BCUT2D eigenvalue weighted by molar-refractivity contribution is 5.85. The number of carbonyl (C=O) groups excluding carboxylic acids is 1. The van der Waals surface area contributed by atoms with Gasteiger partial charge in [-0.15, -0.1) is 12.4 Å². The van der Waals surface area contributed by atoms with Gasteiger partial charge in [0.1, 0.15) is 0 Å². The summed E-state index contributed by atoms with van der Waals surface area (Å²) in [4.78, 5) is 18.9. The van der Waals surface area contributed by atoms with E-state index >= 15 is 0 Å². The second-order valence-corrected chi connectivity index (χ2v) is 10.1. The number of hydrogen-bond donors (Lipinski definition) is 0. The van der Waals surface area contributed by atoms with E-state index in [0.717, 1.165) is 38.6 Å². The van der Waals surface area contributed by atoms with Crippen LogP contribution in [0.2, 0.25) is 0 Å². The molecule has 2 aliphatic rings. The molecule has 1 aliphatic heterocycles. The summed E-state index contributed by atoms with van der Waals surface area (Å²) < 4.78 is 0. The predicted molar refractivity (Wildman–Crippen MR) is 130 cm³/mol. The Morgan fingerprint density at radius 2 is 1.63 bits per heavy atom. The lowest BCUT2D eigenvalue weighted by molar-refractivity contribution is -0.131. The molecular weight excluding hydrogens is 394 g/mol. The molecule has 0 aromatic heterocycles. The number of benzene rings is 1. The van der Waals surface area contributed by atoms with E-state index in [9.17, 15) is 4.79 Å². The monoisotopic (exact) mass is 435 g/mol. The van der Waals surface area contributed by atoms with Gasteiger partial charge in [-0.3, -0.25) is 9.69 Å². The molecular formula is C25H42ClN3O. The number of rotatable bonds is 5. The third kappa shape index (κ3) is 6.13. The van der Waals surface area contributed by atoms with Gasteiger partial charge in [0, 0.05) is 45.5 Å². The Labute approximate surface area is 190 Å². The van der Waals surface area contributed by atoms with Gasteiger partial charge in [0.2, 0.25) is 5.91 Å². The van der Waals surface area contributed by atoms with Gasteiger partial charge in [-0.1, -0.05) is 39.0 Å². The lowest BCUT2D eigenvalue weighted by Gasteiger charge is -2.40. The summed E-state index contributed by atoms with van der Waals surface area (Å²) >= 11 is 0. The molecule has 1 amide bonds. The number of likely N-dealkylation sites (N-methyl/N-ethyl adjacent to an activating group) is 1. The van der Waals surface area contributed by atoms with Crippen molar-refractivity contribution in [2.45, 2.75) is 59.3 Å². The van der Waals surface area contributed by atoms with Crippen molar-refractivity contribution in [1.82, 2.24) is 9.80 Å². The second kappa shape index (κ2) is 10.9. The van der Waals surface area contributed by atoms with Crippen LogP contribution in [0.1, 0.15) is 64.9 Å². The molecule has 170 valence electrons. The van der Waals surface area contributed by atoms with E-state index in [0.29, 0.717) is 17.9 Å². The fraction of sp³-hybridized carbons (Fsp3) is 0.720. The first-order valence-electron chi connectivity index (χ1n) is 11.6. The maximum Gasteiger partial charge on any atom is 0.236 e. The molecule has 5 heteroatoms. The van der Waals surface area contributed by atoms with Crippen LogP contribution < -0.4 is 4.90 Å². The first-order valence-corrected chi connectivity index (χ1v) is 11.6. The van der Waals surface area contributed by atoms with Crippen molar-refractivity contribution in [2.75, 3.05) is 51.2 Å². The normalized spacial score (nSPS) is 23.0. The van der Waals surface area contributed by atoms with Crippen LogP contribution in [-0.4, -0.2) is 62.0 Å². The van der Waals surface area contributed by atoms with E-state index in [1.807, 2.05) is 18.9 Å². The smallest absolute Gasteiger partial charge is 0.236 e. The van der Waals surface area contributed by atoms with Crippen LogP contribution in [0.3, 0.4) is 0 Å². The molecule has 0 atom stereocenters. The molecule has 1 aromatic carbocycles. The Bertz CT molecular complexity index is 671. The zero-order valence-corrected chi connectivity index (χ0v) is 20.5. The topological polar surface area (TPSA) is 26.8 Å². The lowest BCUT2D eigenvalue weighted by Crippen LogP contribution is -2.50. The van der Waals surface area contributed by atoms with Crippen molar-refractivity contribution in [3.05, 3.63) is 29.8 Å². The van der Waals surface area contributed by atoms with Gasteiger partial charge in [-0.2, -0.15) is 0 Å². The van der Waals surface area contributed by atoms with Gasteiger partial charge >= 0.3 is 0 Å². The molecule has 1 saturated heterocycles. The Morgan fingerprint density at radius 3 is 2.20 bits per heavy atom. The second-order valence-electron chi connectivity index (χ2n) is 10.1. The number of hydrogen-bond acceptors (Lipinski definition) is 3. The van der Waals surface area contributed by atoms with E-state index in [1.165, 1.54) is 31.4 Å². The quantitative estimate of drug-likeness (QED) is 0.649. The number of anilines is 1. The Morgan fingerprint density at radius 1 is 1.03 bits per heavy atom. The minimum absolute atomic E-state index is 0. The number of para-hydroxylation sites is 1. The molecule has 2 fully saturated rings. The summed E-state index contributed by atoms with van der Waals surface area (Å²) in [5.74, 6) is 1.79. The van der Waals surface area contributed by atoms with Crippen LogP contribution in [0.25, 0.3) is 0 Å². The minimum Gasteiger partial charge on any atom is -0.369 e. The molecule has 1 aliphatic carbocycles. The molecule has 0 bridgehead atoms. The molecule has 3 rings (SSSR count). The van der Waals surface area contributed by atoms with E-state index in [-0.39, 0.29) is 18.3 Å². The van der Waals surface area contributed by atoms with Crippen molar-refractivity contribution in [1.29, 1.82) is 0 Å². The molecule has 1 heterocycles. The summed E-state index contributed by atoms with van der Waals surface area (Å²) in [6, 6.07) is 9.08. The Hall–Kier alpha value is -1.26. The molecule has 4 nitrogen and oxygen atoms in total. The molecule has 1 saturated carbocycles. The fourth-order valence-electron chi connectivity index (χ4n) is 5.03. The first-order chi connectivity index (χ1) is 13.8. The van der Waals surface area contributed by atoms with Crippen molar-refractivity contribution >= 4 is 24.0 Å². The highest BCUT2D eigenvalue weighted by Gasteiger charge is 2.31. The van der Waals surface area contributed by atoms with E-state index < -0.39 is 0 Å². The largest absolute Gasteiger partial charge is 0.369 e. The van der Waals surface area contributed by atoms with Gasteiger partial charge in [0.05, 0.1) is 6.54 Å². The standard InChI is InChI=1S/C25H41N3O.ClH/c1-6-26(5)24(29)19-27-15-17-28(18-16-27)23-10-8-7-9-22(23)20-11-13-21(14-12-20)25(2,3)4;/h7-10,20-21H,6,11-19H2,1-5H3;1H. The summed E-state index contributed by atoms with van der Waals surface area (Å²) in [6.07, 6.45) is 5.33. The maximum atomic E-state index is 12.2. The molecule has 1 aromatic rings. The summed E-state index contributed by atoms with van der Waals surface area (Å²) in [6.45, 7) is 14.5. The number of amides is 1. The van der Waals surface area contributed by atoms with Crippen LogP contribution in [-0.2, 0) is 4.79 Å². The van der Waals surface area contributed by atoms with E-state index in [1.54, 1.807) is 5.56 Å². The van der Waals surface area contributed by atoms with Gasteiger partial charge in [-0.05, 0) is 61.5 Å². The molecule has 0 spiro atoms. The van der Waals surface area contributed by atoms with Gasteiger partial charge in [0.15, 0.2) is 0 Å². The Balaban J connectivity index is 0.00000320. The third-order valence-electron chi connectivity index (χ3n) is 7.30. The van der Waals surface area contributed by atoms with Crippen LogP contribution >= 0.6 is 12.4 Å². The highest BCUT2D eigenvalue weighted by Crippen LogP contribution is 2.45. The van der Waals surface area contributed by atoms with E-state index in [2.05, 4.69) is 54.8 Å². The van der Waals surface area contributed by atoms with Gasteiger partial charge in [0.25, 0.3) is 0 Å². The lowest BCUT2D eigenvalue weighted by atomic mass is 9.68.